The molecule has 0 unspecified atom stereocenters. The summed E-state index contributed by atoms with van der Waals surface area (Å²) in [6.45, 7) is 2.14. The Hall–Kier alpha value is -4.04. The minimum absolute atomic E-state index is 0.136. The first-order valence-electron chi connectivity index (χ1n) is 10.4. The number of aliphatic imine (C=N–C) groups is 1. The quantitative estimate of drug-likeness (QED) is 0.459. The lowest BCUT2D eigenvalue weighted by Crippen LogP contribution is -2.19. The number of hydrogen-bond donors (Lipinski definition) is 2. The Balaban J connectivity index is 1.58. The standard InChI is InChI=1S/C26H22N2O5S/c1-16-9-11-20(12-10-16)27-26-28-24(29)22(34-26)14-18-6-4-8-21(32-2)23(18)33-15-17-5-3-7-19(13-17)25(30)31/h3-14H,15H2,1-2H3,(H,30,31)(H,27,28,29)/b22-14+. The molecule has 0 radical (unpaired) electrons. The van der Waals surface area contributed by atoms with Gasteiger partial charge in [0.05, 0.1) is 23.3 Å². The van der Waals surface area contributed by atoms with Crippen LogP contribution in [0.2, 0.25) is 0 Å². The predicted octanol–water partition coefficient (Wildman–Crippen LogP) is 5.17. The summed E-state index contributed by atoms with van der Waals surface area (Å²) in [5, 5.41) is 12.5. The minimum atomic E-state index is -1.00. The summed E-state index contributed by atoms with van der Waals surface area (Å²) >= 11 is 1.24. The third kappa shape index (κ3) is 5.47. The Kier molecular flexibility index (Phi) is 6.98. The van der Waals surface area contributed by atoms with Crippen LogP contribution in [0.25, 0.3) is 6.08 Å². The molecule has 3 aromatic rings. The average molecular weight is 475 g/mol. The van der Waals surface area contributed by atoms with Gasteiger partial charge in [-0.05, 0) is 60.7 Å². The van der Waals surface area contributed by atoms with Gasteiger partial charge in [0.15, 0.2) is 16.7 Å². The van der Waals surface area contributed by atoms with Crippen molar-refractivity contribution in [1.82, 2.24) is 5.32 Å². The zero-order valence-electron chi connectivity index (χ0n) is 18.6. The second-order valence-corrected chi connectivity index (χ2v) is 8.52. The van der Waals surface area contributed by atoms with Gasteiger partial charge in [-0.2, -0.15) is 0 Å². The summed E-state index contributed by atoms with van der Waals surface area (Å²) in [7, 11) is 1.54. The van der Waals surface area contributed by atoms with Crippen LogP contribution in [0, 0.1) is 6.92 Å². The summed E-state index contributed by atoms with van der Waals surface area (Å²) in [6, 6.07) is 19.6. The normalized spacial score (nSPS) is 15.4. The number of rotatable bonds is 7. The average Bonchev–Trinajstić information content (AvgIpc) is 3.18. The molecule has 0 bridgehead atoms. The predicted molar refractivity (Wildman–Crippen MR) is 133 cm³/mol. The van der Waals surface area contributed by atoms with E-state index in [1.807, 2.05) is 43.3 Å². The fraction of sp³-hybridized carbons (Fsp3) is 0.115. The van der Waals surface area contributed by atoms with Crippen molar-refractivity contribution in [3.8, 4) is 11.5 Å². The third-order valence-electron chi connectivity index (χ3n) is 4.99. The Bertz CT molecular complexity index is 1300. The molecule has 7 nitrogen and oxygen atoms in total. The van der Waals surface area contributed by atoms with Crippen LogP contribution in [0.3, 0.4) is 0 Å². The highest BCUT2D eigenvalue weighted by Gasteiger charge is 2.25. The van der Waals surface area contributed by atoms with Crippen LogP contribution in [0.5, 0.6) is 11.5 Å². The van der Waals surface area contributed by atoms with Crippen LogP contribution >= 0.6 is 11.8 Å². The summed E-state index contributed by atoms with van der Waals surface area (Å²) in [4.78, 5) is 28.8. The molecule has 0 aliphatic carbocycles. The number of ether oxygens (including phenoxy) is 2. The number of thioether (sulfide) groups is 1. The molecule has 1 aliphatic heterocycles. The van der Waals surface area contributed by atoms with Gasteiger partial charge in [0, 0.05) is 5.56 Å². The first kappa shape index (κ1) is 23.1. The first-order chi connectivity index (χ1) is 16.4. The maximum Gasteiger partial charge on any atom is 0.335 e. The number of amidine groups is 1. The van der Waals surface area contributed by atoms with Crippen molar-refractivity contribution < 1.29 is 24.2 Å². The van der Waals surface area contributed by atoms with E-state index in [0.29, 0.717) is 32.7 Å². The van der Waals surface area contributed by atoms with Crippen LogP contribution in [0.4, 0.5) is 5.69 Å². The van der Waals surface area contributed by atoms with Crippen LogP contribution in [-0.4, -0.2) is 29.3 Å². The van der Waals surface area contributed by atoms with Crippen LogP contribution in [-0.2, 0) is 11.4 Å². The van der Waals surface area contributed by atoms with E-state index >= 15 is 0 Å². The molecule has 172 valence electrons. The number of carbonyl (C=O) groups is 2. The highest BCUT2D eigenvalue weighted by molar-refractivity contribution is 8.18. The molecule has 0 aromatic heterocycles. The van der Waals surface area contributed by atoms with Gasteiger partial charge in [-0.1, -0.05) is 42.0 Å². The number of carboxylic acids is 1. The fourth-order valence-corrected chi connectivity index (χ4v) is 4.10. The number of benzene rings is 3. The first-order valence-corrected chi connectivity index (χ1v) is 11.2. The number of carbonyl (C=O) groups excluding carboxylic acids is 1. The number of amides is 1. The lowest BCUT2D eigenvalue weighted by atomic mass is 10.1. The van der Waals surface area contributed by atoms with Gasteiger partial charge in [-0.15, -0.1) is 0 Å². The van der Waals surface area contributed by atoms with Crippen molar-refractivity contribution in [2.75, 3.05) is 7.11 Å². The number of nitrogens with one attached hydrogen (secondary N) is 1. The van der Waals surface area contributed by atoms with Gasteiger partial charge in [-0.3, -0.25) is 4.79 Å². The highest BCUT2D eigenvalue weighted by Crippen LogP contribution is 2.36. The smallest absolute Gasteiger partial charge is 0.335 e. The van der Waals surface area contributed by atoms with E-state index in [4.69, 9.17) is 9.47 Å². The van der Waals surface area contributed by atoms with Crippen molar-refractivity contribution in [3.05, 3.63) is 93.9 Å². The van der Waals surface area contributed by atoms with Gasteiger partial charge in [0.2, 0.25) is 0 Å². The molecule has 1 amide bonds. The van der Waals surface area contributed by atoms with Crippen molar-refractivity contribution in [3.63, 3.8) is 0 Å². The molecule has 3 aromatic carbocycles. The molecular formula is C26H22N2O5S. The van der Waals surface area contributed by atoms with Gasteiger partial charge in [-0.25, -0.2) is 9.79 Å². The molecule has 0 atom stereocenters. The fourth-order valence-electron chi connectivity index (χ4n) is 3.27. The molecular weight excluding hydrogens is 452 g/mol. The summed E-state index contributed by atoms with van der Waals surface area (Å²) in [6.07, 6.45) is 1.73. The largest absolute Gasteiger partial charge is 0.493 e. The maximum atomic E-state index is 12.6. The number of aromatic carboxylic acids is 1. The minimum Gasteiger partial charge on any atom is -0.493 e. The molecule has 1 heterocycles. The van der Waals surface area contributed by atoms with E-state index in [-0.39, 0.29) is 18.1 Å². The monoisotopic (exact) mass is 474 g/mol. The Labute approximate surface area is 201 Å². The Morgan fingerprint density at radius 2 is 1.88 bits per heavy atom. The Morgan fingerprint density at radius 3 is 2.62 bits per heavy atom. The zero-order valence-corrected chi connectivity index (χ0v) is 19.4. The van der Waals surface area contributed by atoms with Gasteiger partial charge < -0.3 is 19.9 Å². The summed E-state index contributed by atoms with van der Waals surface area (Å²) in [5.41, 5.74) is 3.42. The van der Waals surface area contributed by atoms with Crippen LogP contribution in [0.15, 0.2) is 76.6 Å². The lowest BCUT2D eigenvalue weighted by molar-refractivity contribution is -0.115. The molecule has 4 rings (SSSR count). The van der Waals surface area contributed by atoms with E-state index in [1.54, 1.807) is 30.3 Å². The second-order valence-electron chi connectivity index (χ2n) is 7.49. The zero-order chi connectivity index (χ0) is 24.1. The van der Waals surface area contributed by atoms with Crippen molar-refractivity contribution in [2.24, 2.45) is 4.99 Å². The van der Waals surface area contributed by atoms with E-state index in [2.05, 4.69) is 10.3 Å². The van der Waals surface area contributed by atoms with Crippen molar-refractivity contribution in [1.29, 1.82) is 0 Å². The number of para-hydroxylation sites is 1. The Morgan fingerprint density at radius 1 is 1.12 bits per heavy atom. The van der Waals surface area contributed by atoms with Gasteiger partial charge in [0.1, 0.15) is 6.61 Å². The van der Waals surface area contributed by atoms with Gasteiger partial charge in [0.25, 0.3) is 5.91 Å². The van der Waals surface area contributed by atoms with Crippen molar-refractivity contribution >= 4 is 40.6 Å². The highest BCUT2D eigenvalue weighted by atomic mass is 32.2. The molecule has 0 spiro atoms. The summed E-state index contributed by atoms with van der Waals surface area (Å²) < 4.78 is 11.5. The van der Waals surface area contributed by atoms with E-state index in [1.165, 1.54) is 24.9 Å². The molecule has 2 N–H and O–H groups in total. The maximum absolute atomic E-state index is 12.6. The number of carboxylic acid groups (broad SMARTS) is 1. The summed E-state index contributed by atoms with van der Waals surface area (Å²) in [5.74, 6) is -0.299. The molecule has 0 saturated carbocycles. The SMILES string of the molecule is COc1cccc(/C=C2/SC(=Nc3ccc(C)cc3)NC2=O)c1OCc1cccc(C(=O)O)c1. The van der Waals surface area contributed by atoms with E-state index < -0.39 is 5.97 Å². The second kappa shape index (κ2) is 10.3. The molecule has 8 heteroatoms. The molecule has 1 saturated heterocycles. The van der Waals surface area contributed by atoms with E-state index in [0.717, 1.165) is 11.3 Å². The molecule has 34 heavy (non-hydrogen) atoms. The number of aryl methyl sites for hydroxylation is 1. The number of nitrogens with zero attached hydrogens (tertiary/aromatic N) is 1. The lowest BCUT2D eigenvalue weighted by Gasteiger charge is -2.14. The molecule has 1 aliphatic rings. The third-order valence-corrected chi connectivity index (χ3v) is 5.90. The van der Waals surface area contributed by atoms with Crippen LogP contribution < -0.4 is 14.8 Å². The topological polar surface area (TPSA) is 97.2 Å². The van der Waals surface area contributed by atoms with Gasteiger partial charge >= 0.3 is 5.97 Å². The number of methoxy groups -OCH3 is 1. The molecule has 1 fully saturated rings. The van der Waals surface area contributed by atoms with Crippen molar-refractivity contribution in [2.45, 2.75) is 13.5 Å². The van der Waals surface area contributed by atoms with E-state index in [9.17, 15) is 14.7 Å². The number of hydrogen-bond acceptors (Lipinski definition) is 6. The van der Waals surface area contributed by atoms with Crippen LogP contribution in [0.1, 0.15) is 27.0 Å².